The zero-order valence-corrected chi connectivity index (χ0v) is 12.3. The second kappa shape index (κ2) is 5.95. The normalized spacial score (nSPS) is 24.3. The van der Waals surface area contributed by atoms with Crippen LogP contribution in [0.4, 0.5) is 5.69 Å². The Labute approximate surface area is 116 Å². The number of nitrogens with two attached hydrogens (primary N) is 1. The van der Waals surface area contributed by atoms with Gasteiger partial charge < -0.3 is 5.73 Å². The molecule has 1 saturated carbocycles. The van der Waals surface area contributed by atoms with Crippen molar-refractivity contribution in [3.05, 3.63) is 29.8 Å². The first-order valence-corrected chi connectivity index (χ1v) is 8.75. The predicted octanol–water partition coefficient (Wildman–Crippen LogP) is 2.80. The lowest BCUT2D eigenvalue weighted by molar-refractivity contribution is 0.382. The van der Waals surface area contributed by atoms with Crippen molar-refractivity contribution in [2.24, 2.45) is 5.92 Å². The quantitative estimate of drug-likeness (QED) is 0.863. The van der Waals surface area contributed by atoms with Crippen LogP contribution in [0.25, 0.3) is 0 Å². The molecule has 0 saturated heterocycles. The third-order valence-electron chi connectivity index (χ3n) is 4.05. The van der Waals surface area contributed by atoms with Gasteiger partial charge in [-0.3, -0.25) is 0 Å². The molecule has 1 aliphatic carbocycles. The predicted molar refractivity (Wildman–Crippen MR) is 79.8 cm³/mol. The summed E-state index contributed by atoms with van der Waals surface area (Å²) in [5.74, 6) is 0.805. The first-order chi connectivity index (χ1) is 8.97. The second-order valence-corrected chi connectivity index (χ2v) is 8.15. The number of anilines is 1. The van der Waals surface area contributed by atoms with Gasteiger partial charge in [-0.25, -0.2) is 8.42 Å². The molecule has 4 heteroatoms. The van der Waals surface area contributed by atoms with E-state index in [4.69, 9.17) is 5.73 Å². The van der Waals surface area contributed by atoms with Gasteiger partial charge in [-0.05, 0) is 42.9 Å². The average Bonchev–Trinajstić information content (AvgIpc) is 2.38. The number of nitrogen functional groups attached to an aromatic ring is 1. The van der Waals surface area contributed by atoms with Crippen molar-refractivity contribution in [3.63, 3.8) is 0 Å². The average molecular weight is 281 g/mol. The number of hydrogen-bond acceptors (Lipinski definition) is 3. The summed E-state index contributed by atoms with van der Waals surface area (Å²) in [5, 5.41) is -0.120. The Kier molecular flexibility index (Phi) is 4.50. The summed E-state index contributed by atoms with van der Waals surface area (Å²) in [5.41, 5.74) is 7.38. The molecule has 0 amide bonds. The third kappa shape index (κ3) is 3.96. The molecule has 2 rings (SSSR count). The molecular weight excluding hydrogens is 258 g/mol. The molecule has 3 nitrogen and oxygen atoms in total. The summed E-state index contributed by atoms with van der Waals surface area (Å²) in [6.45, 7) is 2.15. The van der Waals surface area contributed by atoms with Gasteiger partial charge in [0.1, 0.15) is 0 Å². The Morgan fingerprint density at radius 3 is 2.53 bits per heavy atom. The molecule has 2 atom stereocenters. The summed E-state index contributed by atoms with van der Waals surface area (Å²) >= 11 is 0. The molecule has 1 aliphatic rings. The van der Waals surface area contributed by atoms with Gasteiger partial charge in [0.15, 0.2) is 9.84 Å². The molecule has 1 fully saturated rings. The minimum Gasteiger partial charge on any atom is -0.399 e. The van der Waals surface area contributed by atoms with Crippen LogP contribution in [0.2, 0.25) is 0 Å². The zero-order valence-electron chi connectivity index (χ0n) is 11.5. The molecule has 0 aliphatic heterocycles. The van der Waals surface area contributed by atoms with Gasteiger partial charge in [-0.1, -0.05) is 31.9 Å². The molecule has 19 heavy (non-hydrogen) atoms. The van der Waals surface area contributed by atoms with Crippen LogP contribution in [0.15, 0.2) is 24.3 Å². The van der Waals surface area contributed by atoms with Crippen molar-refractivity contribution < 1.29 is 8.42 Å². The van der Waals surface area contributed by atoms with E-state index in [1.54, 1.807) is 0 Å². The van der Waals surface area contributed by atoms with Gasteiger partial charge in [-0.2, -0.15) is 0 Å². The largest absolute Gasteiger partial charge is 0.399 e. The molecule has 2 N–H and O–H groups in total. The van der Waals surface area contributed by atoms with E-state index >= 15 is 0 Å². The number of aryl methyl sites for hydroxylation is 1. The van der Waals surface area contributed by atoms with Crippen LogP contribution in [-0.4, -0.2) is 19.4 Å². The highest BCUT2D eigenvalue weighted by Gasteiger charge is 2.29. The summed E-state index contributed by atoms with van der Waals surface area (Å²) in [4.78, 5) is 0. The topological polar surface area (TPSA) is 60.2 Å². The van der Waals surface area contributed by atoms with Crippen molar-refractivity contribution >= 4 is 15.5 Å². The van der Waals surface area contributed by atoms with E-state index in [0.29, 0.717) is 18.0 Å². The van der Waals surface area contributed by atoms with Crippen LogP contribution in [0, 0.1) is 5.92 Å². The van der Waals surface area contributed by atoms with Crippen LogP contribution in [-0.2, 0) is 16.3 Å². The highest BCUT2D eigenvalue weighted by Crippen LogP contribution is 2.29. The molecule has 0 aromatic heterocycles. The Morgan fingerprint density at radius 1 is 1.21 bits per heavy atom. The molecule has 0 radical (unpaired) electrons. The number of hydrogen-bond donors (Lipinski definition) is 1. The van der Waals surface area contributed by atoms with Crippen LogP contribution >= 0.6 is 0 Å². The van der Waals surface area contributed by atoms with Crippen molar-refractivity contribution in [2.45, 2.75) is 44.3 Å². The molecular formula is C15H23NO2S. The Hall–Kier alpha value is -1.03. The van der Waals surface area contributed by atoms with E-state index in [-0.39, 0.29) is 11.0 Å². The summed E-state index contributed by atoms with van der Waals surface area (Å²) in [6.07, 6.45) is 4.49. The number of benzene rings is 1. The maximum absolute atomic E-state index is 12.3. The smallest absolute Gasteiger partial charge is 0.153 e. The van der Waals surface area contributed by atoms with Gasteiger partial charge in [-0.15, -0.1) is 0 Å². The minimum absolute atomic E-state index is 0.120. The standard InChI is InChI=1S/C15H23NO2S/c1-12-3-2-4-15(11-12)19(17,18)10-9-13-5-7-14(16)8-6-13/h5-8,12,15H,2-4,9-11,16H2,1H3. The highest BCUT2D eigenvalue weighted by atomic mass is 32.2. The van der Waals surface area contributed by atoms with E-state index in [1.807, 2.05) is 24.3 Å². The molecule has 2 unspecified atom stereocenters. The van der Waals surface area contributed by atoms with E-state index < -0.39 is 9.84 Å². The second-order valence-electron chi connectivity index (χ2n) is 5.75. The fourth-order valence-corrected chi connectivity index (χ4v) is 4.82. The molecule has 0 bridgehead atoms. The molecule has 0 spiro atoms. The lowest BCUT2D eigenvalue weighted by Crippen LogP contribution is -2.30. The number of sulfone groups is 1. The van der Waals surface area contributed by atoms with E-state index in [1.165, 1.54) is 6.42 Å². The van der Waals surface area contributed by atoms with Gasteiger partial charge in [0.2, 0.25) is 0 Å². The Morgan fingerprint density at radius 2 is 1.89 bits per heavy atom. The summed E-state index contributed by atoms with van der Waals surface area (Å²) < 4.78 is 24.7. The first-order valence-electron chi connectivity index (χ1n) is 7.03. The van der Waals surface area contributed by atoms with Gasteiger partial charge in [0, 0.05) is 5.69 Å². The van der Waals surface area contributed by atoms with Crippen LogP contribution < -0.4 is 5.73 Å². The third-order valence-corrected chi connectivity index (χ3v) is 6.27. The number of rotatable bonds is 4. The molecule has 1 aromatic carbocycles. The van der Waals surface area contributed by atoms with E-state index in [0.717, 1.165) is 24.8 Å². The molecule has 106 valence electrons. The van der Waals surface area contributed by atoms with E-state index in [2.05, 4.69) is 6.92 Å². The maximum Gasteiger partial charge on any atom is 0.153 e. The monoisotopic (exact) mass is 281 g/mol. The van der Waals surface area contributed by atoms with E-state index in [9.17, 15) is 8.42 Å². The molecule has 1 aromatic rings. The SMILES string of the molecule is CC1CCCC(S(=O)(=O)CCc2ccc(N)cc2)C1. The lowest BCUT2D eigenvalue weighted by Gasteiger charge is -2.26. The summed E-state index contributed by atoms with van der Waals surface area (Å²) in [7, 11) is -2.96. The van der Waals surface area contributed by atoms with Crippen LogP contribution in [0.1, 0.15) is 38.2 Å². The fourth-order valence-electron chi connectivity index (χ4n) is 2.82. The van der Waals surface area contributed by atoms with Crippen LogP contribution in [0.3, 0.4) is 0 Å². The minimum atomic E-state index is -2.96. The van der Waals surface area contributed by atoms with Crippen molar-refractivity contribution in [2.75, 3.05) is 11.5 Å². The first kappa shape index (κ1) is 14.4. The lowest BCUT2D eigenvalue weighted by atomic mass is 9.91. The van der Waals surface area contributed by atoms with Crippen molar-refractivity contribution in [3.8, 4) is 0 Å². The zero-order chi connectivity index (χ0) is 13.9. The van der Waals surface area contributed by atoms with Crippen LogP contribution in [0.5, 0.6) is 0 Å². The Balaban J connectivity index is 1.95. The van der Waals surface area contributed by atoms with Gasteiger partial charge in [0.05, 0.1) is 11.0 Å². The van der Waals surface area contributed by atoms with Crippen molar-refractivity contribution in [1.29, 1.82) is 0 Å². The van der Waals surface area contributed by atoms with Gasteiger partial charge >= 0.3 is 0 Å². The highest BCUT2D eigenvalue weighted by molar-refractivity contribution is 7.92. The Bertz CT molecular complexity index is 507. The van der Waals surface area contributed by atoms with Crippen molar-refractivity contribution in [1.82, 2.24) is 0 Å². The van der Waals surface area contributed by atoms with Gasteiger partial charge in [0.25, 0.3) is 0 Å². The fraction of sp³-hybridized carbons (Fsp3) is 0.600. The molecule has 0 heterocycles. The maximum atomic E-state index is 12.3. The summed E-state index contributed by atoms with van der Waals surface area (Å²) in [6, 6.07) is 7.47.